The van der Waals surface area contributed by atoms with Gasteiger partial charge in [0.1, 0.15) is 11.9 Å². The molecule has 0 N–H and O–H groups in total. The normalized spacial score (nSPS) is 17.4. The molecule has 0 aromatic heterocycles. The maximum Gasteiger partial charge on any atom is 0.153 e. The van der Waals surface area contributed by atoms with Gasteiger partial charge in [-0.2, -0.15) is 0 Å². The Kier molecular flexibility index (Phi) is 3.88. The topological polar surface area (TPSA) is 26.3 Å². The molecule has 0 heterocycles. The van der Waals surface area contributed by atoms with E-state index in [0.29, 0.717) is 11.3 Å². The van der Waals surface area contributed by atoms with Crippen molar-refractivity contribution < 1.29 is 9.53 Å². The Balaban J connectivity index is 1.91. The zero-order valence-electron chi connectivity index (χ0n) is 11.0. The number of fused-ring (bicyclic) bond motifs is 1. The van der Waals surface area contributed by atoms with Gasteiger partial charge in [0, 0.05) is 4.47 Å². The van der Waals surface area contributed by atoms with Crippen molar-refractivity contribution in [2.75, 3.05) is 0 Å². The summed E-state index contributed by atoms with van der Waals surface area (Å²) in [5, 5.41) is 0. The third kappa shape index (κ3) is 2.63. The minimum Gasteiger partial charge on any atom is -0.485 e. The van der Waals surface area contributed by atoms with Crippen molar-refractivity contribution >= 4 is 22.2 Å². The van der Waals surface area contributed by atoms with Crippen LogP contribution in [-0.4, -0.2) is 6.29 Å². The molecule has 20 heavy (non-hydrogen) atoms. The second kappa shape index (κ2) is 5.80. The lowest BCUT2D eigenvalue weighted by Gasteiger charge is -2.26. The average molecular weight is 331 g/mol. The van der Waals surface area contributed by atoms with Gasteiger partial charge in [-0.25, -0.2) is 0 Å². The molecule has 102 valence electrons. The number of ether oxygens (including phenoxy) is 1. The van der Waals surface area contributed by atoms with Crippen molar-refractivity contribution in [3.8, 4) is 5.75 Å². The minimum atomic E-state index is 0.0415. The van der Waals surface area contributed by atoms with Gasteiger partial charge >= 0.3 is 0 Å². The molecule has 0 amide bonds. The van der Waals surface area contributed by atoms with E-state index in [0.717, 1.165) is 30.0 Å². The van der Waals surface area contributed by atoms with E-state index in [2.05, 4.69) is 34.1 Å². The molecule has 2 nitrogen and oxygen atoms in total. The summed E-state index contributed by atoms with van der Waals surface area (Å²) in [6.07, 6.45) is 4.10. The Hall–Kier alpha value is -1.61. The van der Waals surface area contributed by atoms with Crippen LogP contribution in [0.3, 0.4) is 0 Å². The quantitative estimate of drug-likeness (QED) is 0.761. The molecule has 2 aromatic carbocycles. The predicted molar refractivity (Wildman–Crippen MR) is 82.3 cm³/mol. The summed E-state index contributed by atoms with van der Waals surface area (Å²) in [6.45, 7) is 0. The molecule has 0 aliphatic heterocycles. The van der Waals surface area contributed by atoms with Crippen molar-refractivity contribution in [2.24, 2.45) is 0 Å². The Labute approximate surface area is 126 Å². The largest absolute Gasteiger partial charge is 0.485 e. The summed E-state index contributed by atoms with van der Waals surface area (Å²) in [7, 11) is 0. The SMILES string of the molecule is O=Cc1cc(Br)ccc1OC1CCCc2ccccc21. The van der Waals surface area contributed by atoms with Crippen LogP contribution in [0.25, 0.3) is 0 Å². The summed E-state index contributed by atoms with van der Waals surface area (Å²) >= 11 is 3.37. The number of rotatable bonds is 3. The second-order valence-corrected chi connectivity index (χ2v) is 5.91. The summed E-state index contributed by atoms with van der Waals surface area (Å²) in [5.41, 5.74) is 3.19. The minimum absolute atomic E-state index is 0.0415. The summed E-state index contributed by atoms with van der Waals surface area (Å²) in [5.74, 6) is 0.657. The van der Waals surface area contributed by atoms with Crippen molar-refractivity contribution in [1.29, 1.82) is 0 Å². The first-order valence-corrected chi connectivity index (χ1v) is 7.56. The summed E-state index contributed by atoms with van der Waals surface area (Å²) in [4.78, 5) is 11.2. The molecule has 0 saturated heterocycles. The van der Waals surface area contributed by atoms with Crippen LogP contribution in [0.4, 0.5) is 0 Å². The van der Waals surface area contributed by atoms with Gasteiger partial charge < -0.3 is 4.74 Å². The molecule has 1 aliphatic rings. The molecule has 2 aromatic rings. The van der Waals surface area contributed by atoms with Gasteiger partial charge in [0.2, 0.25) is 0 Å². The van der Waals surface area contributed by atoms with Gasteiger partial charge in [0.25, 0.3) is 0 Å². The smallest absolute Gasteiger partial charge is 0.153 e. The third-order valence-electron chi connectivity index (χ3n) is 3.68. The van der Waals surface area contributed by atoms with E-state index in [1.807, 2.05) is 18.2 Å². The van der Waals surface area contributed by atoms with Crippen LogP contribution in [0.5, 0.6) is 5.75 Å². The number of aryl methyl sites for hydroxylation is 1. The first kappa shape index (κ1) is 13.4. The second-order valence-electron chi connectivity index (χ2n) is 5.00. The molecule has 0 bridgehead atoms. The number of hydrogen-bond acceptors (Lipinski definition) is 2. The van der Waals surface area contributed by atoms with E-state index in [4.69, 9.17) is 4.74 Å². The third-order valence-corrected chi connectivity index (χ3v) is 4.18. The Bertz CT molecular complexity index is 637. The molecular formula is C17H15BrO2. The molecule has 1 aliphatic carbocycles. The van der Waals surface area contributed by atoms with E-state index in [-0.39, 0.29) is 6.10 Å². The van der Waals surface area contributed by atoms with Gasteiger partial charge in [0.15, 0.2) is 6.29 Å². The lowest BCUT2D eigenvalue weighted by Crippen LogP contribution is -2.15. The highest BCUT2D eigenvalue weighted by molar-refractivity contribution is 9.10. The Morgan fingerprint density at radius 2 is 2.05 bits per heavy atom. The number of benzene rings is 2. The first-order chi connectivity index (χ1) is 9.78. The lowest BCUT2D eigenvalue weighted by molar-refractivity contribution is 0.111. The van der Waals surface area contributed by atoms with E-state index in [9.17, 15) is 4.79 Å². The molecular weight excluding hydrogens is 316 g/mol. The molecule has 3 rings (SSSR count). The molecule has 1 unspecified atom stereocenters. The number of carbonyl (C=O) groups is 1. The van der Waals surface area contributed by atoms with E-state index in [1.54, 1.807) is 6.07 Å². The highest BCUT2D eigenvalue weighted by Gasteiger charge is 2.22. The zero-order valence-corrected chi connectivity index (χ0v) is 12.6. The van der Waals surface area contributed by atoms with Gasteiger partial charge in [-0.05, 0) is 48.6 Å². The van der Waals surface area contributed by atoms with Crippen molar-refractivity contribution in [3.05, 3.63) is 63.6 Å². The molecule has 0 saturated carbocycles. The standard InChI is InChI=1S/C17H15BrO2/c18-14-8-9-16(13(10-14)11-19)20-17-7-3-5-12-4-1-2-6-15(12)17/h1-2,4,6,8-11,17H,3,5,7H2. The van der Waals surface area contributed by atoms with Crippen LogP contribution in [0.2, 0.25) is 0 Å². The number of halogens is 1. The molecule has 0 spiro atoms. The van der Waals surface area contributed by atoms with Crippen LogP contribution in [0.1, 0.15) is 40.4 Å². The molecule has 1 atom stereocenters. The van der Waals surface area contributed by atoms with E-state index >= 15 is 0 Å². The van der Waals surface area contributed by atoms with Gasteiger partial charge in [-0.3, -0.25) is 4.79 Å². The lowest BCUT2D eigenvalue weighted by atomic mass is 9.89. The van der Waals surface area contributed by atoms with Crippen molar-refractivity contribution in [3.63, 3.8) is 0 Å². The first-order valence-electron chi connectivity index (χ1n) is 6.77. The molecule has 0 fully saturated rings. The Morgan fingerprint density at radius 3 is 2.90 bits per heavy atom. The van der Waals surface area contributed by atoms with Crippen LogP contribution in [-0.2, 0) is 6.42 Å². The van der Waals surface area contributed by atoms with Gasteiger partial charge in [-0.15, -0.1) is 0 Å². The fraction of sp³-hybridized carbons (Fsp3) is 0.235. The van der Waals surface area contributed by atoms with Crippen LogP contribution in [0.15, 0.2) is 46.9 Å². The van der Waals surface area contributed by atoms with Crippen LogP contribution >= 0.6 is 15.9 Å². The highest BCUT2D eigenvalue weighted by atomic mass is 79.9. The van der Waals surface area contributed by atoms with Gasteiger partial charge in [-0.1, -0.05) is 40.2 Å². The average Bonchev–Trinajstić information content (AvgIpc) is 2.49. The van der Waals surface area contributed by atoms with Gasteiger partial charge in [0.05, 0.1) is 5.56 Å². The van der Waals surface area contributed by atoms with Crippen LogP contribution < -0.4 is 4.74 Å². The number of hydrogen-bond donors (Lipinski definition) is 0. The number of aldehydes is 1. The monoisotopic (exact) mass is 330 g/mol. The molecule has 3 heteroatoms. The van der Waals surface area contributed by atoms with Crippen molar-refractivity contribution in [2.45, 2.75) is 25.4 Å². The highest BCUT2D eigenvalue weighted by Crippen LogP contribution is 2.34. The fourth-order valence-electron chi connectivity index (χ4n) is 2.70. The van der Waals surface area contributed by atoms with E-state index in [1.165, 1.54) is 11.1 Å². The maximum atomic E-state index is 11.2. The summed E-state index contributed by atoms with van der Waals surface area (Å²) < 4.78 is 6.99. The summed E-state index contributed by atoms with van der Waals surface area (Å²) in [6, 6.07) is 13.9. The fourth-order valence-corrected chi connectivity index (χ4v) is 3.08. The predicted octanol–water partition coefficient (Wildman–Crippen LogP) is 4.72. The van der Waals surface area contributed by atoms with Crippen molar-refractivity contribution in [1.82, 2.24) is 0 Å². The van der Waals surface area contributed by atoms with E-state index < -0.39 is 0 Å². The molecule has 0 radical (unpaired) electrons. The number of carbonyl (C=O) groups excluding carboxylic acids is 1. The maximum absolute atomic E-state index is 11.2. The zero-order chi connectivity index (χ0) is 13.9. The Morgan fingerprint density at radius 1 is 1.20 bits per heavy atom. The van der Waals surface area contributed by atoms with Crippen LogP contribution in [0, 0.1) is 0 Å².